The molecule has 0 spiro atoms. The Morgan fingerprint density at radius 2 is 1.73 bits per heavy atom. The van der Waals surface area contributed by atoms with Crippen LogP contribution in [0.25, 0.3) is 0 Å². The predicted octanol–water partition coefficient (Wildman–Crippen LogP) is 3.44. The van der Waals surface area contributed by atoms with Gasteiger partial charge >= 0.3 is 0 Å². The predicted molar refractivity (Wildman–Crippen MR) is 68.5 cm³/mol. The quantitative estimate of drug-likeness (QED) is 0.666. The maximum Gasteiger partial charge on any atom is 0.0202 e. The van der Waals surface area contributed by atoms with E-state index in [1.807, 2.05) is 0 Å². The molecule has 0 aromatic carbocycles. The smallest absolute Gasteiger partial charge is 0.0202 e. The molecule has 0 fully saturated rings. The van der Waals surface area contributed by atoms with Crippen molar-refractivity contribution in [3.05, 3.63) is 0 Å². The summed E-state index contributed by atoms with van der Waals surface area (Å²) in [6.45, 7) is 9.76. The molecule has 0 amide bonds. The SMILES string of the molecule is CCC(CC)C(C)C#CCC(C)CCN. The minimum absolute atomic E-state index is 0.546. The second-order valence-electron chi connectivity index (χ2n) is 4.57. The first-order valence-electron chi connectivity index (χ1n) is 6.34. The van der Waals surface area contributed by atoms with E-state index in [1.165, 1.54) is 12.8 Å². The molecule has 2 unspecified atom stereocenters. The summed E-state index contributed by atoms with van der Waals surface area (Å²) >= 11 is 0. The summed E-state index contributed by atoms with van der Waals surface area (Å²) in [6.07, 6.45) is 4.57. The average molecular weight is 209 g/mol. The normalized spacial score (nSPS) is 14.5. The molecule has 0 aliphatic heterocycles. The highest BCUT2D eigenvalue weighted by atomic mass is 14.5. The van der Waals surface area contributed by atoms with Gasteiger partial charge in [0.25, 0.3) is 0 Å². The lowest BCUT2D eigenvalue weighted by Gasteiger charge is -2.15. The minimum Gasteiger partial charge on any atom is -0.330 e. The number of hydrogen-bond acceptors (Lipinski definition) is 1. The fourth-order valence-corrected chi connectivity index (χ4v) is 1.89. The molecule has 1 nitrogen and oxygen atoms in total. The molecular formula is C14H27N. The van der Waals surface area contributed by atoms with Crippen LogP contribution in [0.2, 0.25) is 0 Å². The maximum atomic E-state index is 5.50. The van der Waals surface area contributed by atoms with Gasteiger partial charge in [0, 0.05) is 12.3 Å². The Hall–Kier alpha value is -0.480. The number of rotatable bonds is 6. The summed E-state index contributed by atoms with van der Waals surface area (Å²) in [5.41, 5.74) is 5.50. The molecule has 0 aliphatic rings. The molecule has 0 radical (unpaired) electrons. The third kappa shape index (κ3) is 6.57. The van der Waals surface area contributed by atoms with Gasteiger partial charge in [0.2, 0.25) is 0 Å². The van der Waals surface area contributed by atoms with Crippen molar-refractivity contribution in [1.82, 2.24) is 0 Å². The van der Waals surface area contributed by atoms with Crippen molar-refractivity contribution in [2.75, 3.05) is 6.54 Å². The first-order chi connectivity index (χ1) is 7.15. The Morgan fingerprint density at radius 1 is 1.13 bits per heavy atom. The van der Waals surface area contributed by atoms with E-state index in [0.717, 1.165) is 25.3 Å². The lowest BCUT2D eigenvalue weighted by Crippen LogP contribution is -2.08. The average Bonchev–Trinajstić information content (AvgIpc) is 2.20. The molecular weight excluding hydrogens is 182 g/mol. The zero-order valence-corrected chi connectivity index (χ0v) is 10.8. The molecule has 0 bridgehead atoms. The fourth-order valence-electron chi connectivity index (χ4n) is 1.89. The van der Waals surface area contributed by atoms with Gasteiger partial charge in [-0.05, 0) is 24.8 Å². The molecule has 0 heterocycles. The summed E-state index contributed by atoms with van der Waals surface area (Å²) in [7, 11) is 0. The summed E-state index contributed by atoms with van der Waals surface area (Å²) in [6, 6.07) is 0. The van der Waals surface area contributed by atoms with E-state index in [2.05, 4.69) is 39.5 Å². The van der Waals surface area contributed by atoms with Gasteiger partial charge in [0.05, 0.1) is 0 Å². The van der Waals surface area contributed by atoms with Crippen molar-refractivity contribution in [2.45, 2.75) is 53.4 Å². The van der Waals surface area contributed by atoms with Gasteiger partial charge in [-0.15, -0.1) is 5.92 Å². The van der Waals surface area contributed by atoms with Crippen LogP contribution in [0, 0.1) is 29.6 Å². The van der Waals surface area contributed by atoms with E-state index < -0.39 is 0 Å². The first-order valence-corrected chi connectivity index (χ1v) is 6.34. The molecule has 2 atom stereocenters. The van der Waals surface area contributed by atoms with E-state index in [9.17, 15) is 0 Å². The minimum atomic E-state index is 0.546. The van der Waals surface area contributed by atoms with Crippen LogP contribution in [0.1, 0.15) is 53.4 Å². The topological polar surface area (TPSA) is 26.0 Å². The zero-order valence-electron chi connectivity index (χ0n) is 10.8. The highest BCUT2D eigenvalue weighted by Crippen LogP contribution is 2.18. The van der Waals surface area contributed by atoms with E-state index in [4.69, 9.17) is 5.73 Å². The highest BCUT2D eigenvalue weighted by molar-refractivity contribution is 5.04. The maximum absolute atomic E-state index is 5.50. The molecule has 0 aromatic rings. The van der Waals surface area contributed by atoms with Crippen molar-refractivity contribution in [1.29, 1.82) is 0 Å². The third-order valence-electron chi connectivity index (χ3n) is 3.20. The van der Waals surface area contributed by atoms with E-state index in [1.54, 1.807) is 0 Å². The van der Waals surface area contributed by atoms with Gasteiger partial charge in [-0.1, -0.05) is 46.5 Å². The van der Waals surface area contributed by atoms with Gasteiger partial charge < -0.3 is 5.73 Å². The molecule has 0 aromatic heterocycles. The Morgan fingerprint density at radius 3 is 2.20 bits per heavy atom. The van der Waals surface area contributed by atoms with Crippen molar-refractivity contribution in [3.8, 4) is 11.8 Å². The van der Waals surface area contributed by atoms with Crippen LogP contribution in [-0.4, -0.2) is 6.54 Å². The van der Waals surface area contributed by atoms with Crippen LogP contribution in [0.15, 0.2) is 0 Å². The van der Waals surface area contributed by atoms with Crippen molar-refractivity contribution < 1.29 is 0 Å². The number of hydrogen-bond donors (Lipinski definition) is 1. The standard InChI is InChI=1S/C14H27N/c1-5-14(6-2)13(4)9-7-8-12(3)10-11-15/h12-14H,5-6,8,10-11,15H2,1-4H3. The summed E-state index contributed by atoms with van der Waals surface area (Å²) in [5.74, 6) is 8.66. The molecule has 1 heteroatoms. The Labute approximate surface area is 95.8 Å². The Balaban J connectivity index is 3.93. The third-order valence-corrected chi connectivity index (χ3v) is 3.20. The number of nitrogens with two attached hydrogens (primary N) is 1. The molecule has 88 valence electrons. The van der Waals surface area contributed by atoms with E-state index in [0.29, 0.717) is 11.8 Å². The second-order valence-corrected chi connectivity index (χ2v) is 4.57. The van der Waals surface area contributed by atoms with Gasteiger partial charge in [-0.25, -0.2) is 0 Å². The van der Waals surface area contributed by atoms with Crippen molar-refractivity contribution >= 4 is 0 Å². The van der Waals surface area contributed by atoms with Crippen LogP contribution in [0.3, 0.4) is 0 Å². The molecule has 0 saturated carbocycles. The van der Waals surface area contributed by atoms with Crippen molar-refractivity contribution in [3.63, 3.8) is 0 Å². The first kappa shape index (κ1) is 14.5. The summed E-state index contributed by atoms with van der Waals surface area (Å²) < 4.78 is 0. The highest BCUT2D eigenvalue weighted by Gasteiger charge is 2.10. The van der Waals surface area contributed by atoms with E-state index >= 15 is 0 Å². The van der Waals surface area contributed by atoms with Crippen LogP contribution in [0.5, 0.6) is 0 Å². The van der Waals surface area contributed by atoms with Crippen molar-refractivity contribution in [2.24, 2.45) is 23.5 Å². The van der Waals surface area contributed by atoms with Gasteiger partial charge in [0.1, 0.15) is 0 Å². The van der Waals surface area contributed by atoms with Crippen LogP contribution in [0.4, 0.5) is 0 Å². The Kier molecular flexibility index (Phi) is 8.52. The van der Waals surface area contributed by atoms with Gasteiger partial charge in [-0.2, -0.15) is 0 Å². The lowest BCUT2D eigenvalue weighted by molar-refractivity contribution is 0.405. The van der Waals surface area contributed by atoms with Gasteiger partial charge in [0.15, 0.2) is 0 Å². The molecule has 0 aliphatic carbocycles. The summed E-state index contributed by atoms with van der Waals surface area (Å²) in [5, 5.41) is 0. The zero-order chi connectivity index (χ0) is 11.7. The van der Waals surface area contributed by atoms with Gasteiger partial charge in [-0.3, -0.25) is 0 Å². The summed E-state index contributed by atoms with van der Waals surface area (Å²) in [4.78, 5) is 0. The van der Waals surface area contributed by atoms with Crippen LogP contribution in [-0.2, 0) is 0 Å². The largest absolute Gasteiger partial charge is 0.330 e. The molecule has 15 heavy (non-hydrogen) atoms. The monoisotopic (exact) mass is 209 g/mol. The molecule has 2 N–H and O–H groups in total. The Bertz CT molecular complexity index is 195. The van der Waals surface area contributed by atoms with Crippen LogP contribution < -0.4 is 5.73 Å². The fraction of sp³-hybridized carbons (Fsp3) is 0.857. The molecule has 0 rings (SSSR count). The van der Waals surface area contributed by atoms with E-state index in [-0.39, 0.29) is 0 Å². The second kappa shape index (κ2) is 8.80. The molecule has 0 saturated heterocycles. The van der Waals surface area contributed by atoms with Crippen LogP contribution >= 0.6 is 0 Å². The lowest BCUT2D eigenvalue weighted by atomic mass is 9.89.